The van der Waals surface area contributed by atoms with Crippen molar-refractivity contribution in [3.63, 3.8) is 0 Å². The monoisotopic (exact) mass is 270 g/mol. The molecule has 1 rings (SSSR count). The molecule has 1 aromatic heterocycles. The molecule has 0 aliphatic rings. The van der Waals surface area contributed by atoms with Crippen LogP contribution in [0.1, 0.15) is 19.3 Å². The molecule has 0 unspecified atom stereocenters. The predicted molar refractivity (Wildman–Crippen MR) is 65.3 cm³/mol. The quantitative estimate of drug-likeness (QED) is 0.609. The normalized spacial score (nSPS) is 10.0. The van der Waals surface area contributed by atoms with Crippen LogP contribution in [0.2, 0.25) is 0 Å². The van der Waals surface area contributed by atoms with Crippen LogP contribution in [-0.2, 0) is 4.79 Å². The van der Waals surface area contributed by atoms with Crippen LogP contribution in [0.25, 0.3) is 0 Å². The first-order valence-corrected chi connectivity index (χ1v) is 6.10. The van der Waals surface area contributed by atoms with E-state index < -0.39 is 0 Å². The van der Waals surface area contributed by atoms with Crippen molar-refractivity contribution in [2.75, 3.05) is 17.3 Å². The van der Waals surface area contributed by atoms with E-state index >= 15 is 0 Å². The minimum atomic E-state index is 0.143. The Bertz CT molecular complexity index is 303. The molecule has 0 atom stereocenters. The van der Waals surface area contributed by atoms with Crippen LogP contribution in [0.4, 0.5) is 5.69 Å². The van der Waals surface area contributed by atoms with Gasteiger partial charge in [-0.1, -0.05) is 15.9 Å². The van der Waals surface area contributed by atoms with E-state index in [1.54, 1.807) is 24.3 Å². The second kappa shape index (κ2) is 6.56. The van der Waals surface area contributed by atoms with Gasteiger partial charge in [0.1, 0.15) is 0 Å². The highest BCUT2D eigenvalue weighted by Gasteiger charge is 2.09. The van der Waals surface area contributed by atoms with Gasteiger partial charge in [0.2, 0.25) is 5.91 Å². The summed E-state index contributed by atoms with van der Waals surface area (Å²) in [7, 11) is 1.79. The van der Waals surface area contributed by atoms with Gasteiger partial charge in [-0.05, 0) is 25.0 Å². The molecule has 0 aromatic carbocycles. The zero-order valence-electron chi connectivity index (χ0n) is 8.82. The van der Waals surface area contributed by atoms with Gasteiger partial charge in [-0.3, -0.25) is 9.78 Å². The van der Waals surface area contributed by atoms with Crippen LogP contribution in [0.5, 0.6) is 0 Å². The van der Waals surface area contributed by atoms with Crippen LogP contribution in [-0.4, -0.2) is 23.3 Å². The molecule has 0 aliphatic carbocycles. The average molecular weight is 271 g/mol. The molecule has 0 spiro atoms. The lowest BCUT2D eigenvalue weighted by Gasteiger charge is -2.16. The second-order valence-electron chi connectivity index (χ2n) is 3.31. The zero-order chi connectivity index (χ0) is 11.1. The van der Waals surface area contributed by atoms with E-state index in [1.165, 1.54) is 0 Å². The van der Waals surface area contributed by atoms with E-state index in [4.69, 9.17) is 0 Å². The van der Waals surface area contributed by atoms with Crippen molar-refractivity contribution in [1.82, 2.24) is 4.98 Å². The predicted octanol–water partition coefficient (Wildman–Crippen LogP) is 2.61. The number of hydrogen-bond donors (Lipinski definition) is 0. The number of nitrogens with zero attached hydrogens (tertiary/aromatic N) is 2. The van der Waals surface area contributed by atoms with Crippen molar-refractivity contribution in [1.29, 1.82) is 0 Å². The van der Waals surface area contributed by atoms with Gasteiger partial charge in [0.15, 0.2) is 0 Å². The Labute approximate surface area is 98.6 Å². The number of carbonyl (C=O) groups excluding carboxylic acids is 1. The van der Waals surface area contributed by atoms with E-state index in [2.05, 4.69) is 20.9 Å². The van der Waals surface area contributed by atoms with Crippen molar-refractivity contribution >= 4 is 27.5 Å². The summed E-state index contributed by atoms with van der Waals surface area (Å²) in [5.41, 5.74) is 0.848. The van der Waals surface area contributed by atoms with Gasteiger partial charge in [0.25, 0.3) is 0 Å². The first-order valence-electron chi connectivity index (χ1n) is 4.98. The van der Waals surface area contributed by atoms with Gasteiger partial charge >= 0.3 is 0 Å². The molecule has 1 heterocycles. The molecule has 1 amide bonds. The van der Waals surface area contributed by atoms with E-state index in [9.17, 15) is 4.79 Å². The third-order valence-corrected chi connectivity index (χ3v) is 2.74. The molecule has 3 nitrogen and oxygen atoms in total. The lowest BCUT2D eigenvalue weighted by atomic mass is 10.2. The smallest absolute Gasteiger partial charge is 0.226 e. The molecule has 0 saturated heterocycles. The van der Waals surface area contributed by atoms with Crippen LogP contribution >= 0.6 is 15.9 Å². The number of carbonyl (C=O) groups is 1. The number of halogens is 1. The van der Waals surface area contributed by atoms with Gasteiger partial charge in [-0.15, -0.1) is 0 Å². The molecule has 1 aromatic rings. The van der Waals surface area contributed by atoms with Gasteiger partial charge in [-0.25, -0.2) is 0 Å². The molecule has 0 saturated carbocycles. The summed E-state index contributed by atoms with van der Waals surface area (Å²) in [6, 6.07) is 3.72. The maximum absolute atomic E-state index is 11.7. The fraction of sp³-hybridized carbons (Fsp3) is 0.455. The SMILES string of the molecule is CN(C(=O)CCCCBr)c1cccnc1. The Balaban J connectivity index is 2.46. The largest absolute Gasteiger partial charge is 0.314 e. The number of amides is 1. The minimum Gasteiger partial charge on any atom is -0.314 e. The molecule has 0 aliphatic heterocycles. The molecular formula is C11H15BrN2O. The van der Waals surface area contributed by atoms with Crippen LogP contribution in [0, 0.1) is 0 Å². The van der Waals surface area contributed by atoms with Crippen molar-refractivity contribution in [3.8, 4) is 0 Å². The fourth-order valence-corrected chi connectivity index (χ4v) is 1.63. The topological polar surface area (TPSA) is 33.2 Å². The lowest BCUT2D eigenvalue weighted by Crippen LogP contribution is -2.25. The molecule has 0 radical (unpaired) electrons. The molecule has 0 bridgehead atoms. The summed E-state index contributed by atoms with van der Waals surface area (Å²) < 4.78 is 0. The zero-order valence-corrected chi connectivity index (χ0v) is 10.4. The van der Waals surface area contributed by atoms with Crippen LogP contribution in [0.15, 0.2) is 24.5 Å². The Morgan fingerprint density at radius 3 is 2.93 bits per heavy atom. The summed E-state index contributed by atoms with van der Waals surface area (Å²) in [6.07, 6.45) is 5.95. The summed E-state index contributed by atoms with van der Waals surface area (Å²) in [6.45, 7) is 0. The number of unbranched alkanes of at least 4 members (excludes halogenated alkanes) is 1. The molecular weight excluding hydrogens is 256 g/mol. The molecule has 0 N–H and O–H groups in total. The number of alkyl halides is 1. The first-order chi connectivity index (χ1) is 7.25. The summed E-state index contributed by atoms with van der Waals surface area (Å²) in [5, 5.41) is 0.955. The average Bonchev–Trinajstić information content (AvgIpc) is 2.29. The third kappa shape index (κ3) is 4.00. The van der Waals surface area contributed by atoms with Gasteiger partial charge in [0, 0.05) is 25.0 Å². The van der Waals surface area contributed by atoms with E-state index in [0.717, 1.165) is 23.9 Å². The standard InChI is InChI=1S/C11H15BrN2O/c1-14(10-5-4-8-13-9-10)11(15)6-2-3-7-12/h4-5,8-9H,2-3,6-7H2,1H3. The molecule has 0 fully saturated rings. The van der Waals surface area contributed by atoms with E-state index in [-0.39, 0.29) is 5.91 Å². The summed E-state index contributed by atoms with van der Waals surface area (Å²) in [4.78, 5) is 17.3. The van der Waals surface area contributed by atoms with Crippen LogP contribution < -0.4 is 4.90 Å². The van der Waals surface area contributed by atoms with E-state index in [0.29, 0.717) is 6.42 Å². The highest BCUT2D eigenvalue weighted by molar-refractivity contribution is 9.09. The van der Waals surface area contributed by atoms with E-state index in [1.807, 2.05) is 12.1 Å². The maximum atomic E-state index is 11.7. The minimum absolute atomic E-state index is 0.143. The first kappa shape index (κ1) is 12.2. The highest BCUT2D eigenvalue weighted by Crippen LogP contribution is 2.11. The Hall–Kier alpha value is -0.900. The highest BCUT2D eigenvalue weighted by atomic mass is 79.9. The lowest BCUT2D eigenvalue weighted by molar-refractivity contribution is -0.118. The summed E-state index contributed by atoms with van der Waals surface area (Å²) in [5.74, 6) is 0.143. The third-order valence-electron chi connectivity index (χ3n) is 2.18. The van der Waals surface area contributed by atoms with Gasteiger partial charge in [0.05, 0.1) is 11.9 Å². The Morgan fingerprint density at radius 2 is 2.33 bits per heavy atom. The van der Waals surface area contributed by atoms with Crippen molar-refractivity contribution in [2.45, 2.75) is 19.3 Å². The second-order valence-corrected chi connectivity index (χ2v) is 4.10. The van der Waals surface area contributed by atoms with Crippen molar-refractivity contribution < 1.29 is 4.79 Å². The molecule has 4 heteroatoms. The Kier molecular flexibility index (Phi) is 5.32. The maximum Gasteiger partial charge on any atom is 0.226 e. The number of hydrogen-bond acceptors (Lipinski definition) is 2. The van der Waals surface area contributed by atoms with Crippen molar-refractivity contribution in [3.05, 3.63) is 24.5 Å². The van der Waals surface area contributed by atoms with Crippen molar-refractivity contribution in [2.24, 2.45) is 0 Å². The number of anilines is 1. The Morgan fingerprint density at radius 1 is 1.53 bits per heavy atom. The molecule has 15 heavy (non-hydrogen) atoms. The van der Waals surface area contributed by atoms with Crippen LogP contribution in [0.3, 0.4) is 0 Å². The van der Waals surface area contributed by atoms with Gasteiger partial charge < -0.3 is 4.90 Å². The molecule has 82 valence electrons. The summed E-state index contributed by atoms with van der Waals surface area (Å²) >= 11 is 3.35. The number of pyridine rings is 1. The number of aromatic nitrogens is 1. The van der Waals surface area contributed by atoms with Gasteiger partial charge in [-0.2, -0.15) is 0 Å². The fourth-order valence-electron chi connectivity index (χ4n) is 1.23. The number of rotatable bonds is 5.